The number of ether oxygens (including phenoxy) is 1. The van der Waals surface area contributed by atoms with Crippen molar-refractivity contribution in [2.24, 2.45) is 0 Å². The Balaban J connectivity index is 1.30. The normalized spacial score (nSPS) is 16.6. The smallest absolute Gasteiger partial charge is 0.304 e. The van der Waals surface area contributed by atoms with Crippen LogP contribution in [0.2, 0.25) is 0 Å². The van der Waals surface area contributed by atoms with Gasteiger partial charge in [-0.1, -0.05) is 48.4 Å². The Morgan fingerprint density at radius 2 is 1.80 bits per heavy atom. The van der Waals surface area contributed by atoms with E-state index in [1.165, 1.54) is 27.0 Å². The highest BCUT2D eigenvalue weighted by molar-refractivity contribution is 8.24. The van der Waals surface area contributed by atoms with Crippen molar-refractivity contribution in [3.63, 3.8) is 0 Å². The van der Waals surface area contributed by atoms with Gasteiger partial charge in [0, 0.05) is 27.2 Å². The Morgan fingerprint density at radius 1 is 1.05 bits per heavy atom. The first kappa shape index (κ1) is 28.3. The van der Waals surface area contributed by atoms with Crippen LogP contribution in [0.3, 0.4) is 0 Å². The molecule has 1 fully saturated rings. The van der Waals surface area contributed by atoms with Crippen molar-refractivity contribution in [3.05, 3.63) is 88.3 Å². The molecule has 1 saturated heterocycles. The highest BCUT2D eigenvalue weighted by Gasteiger charge is 2.25. The predicted octanol–water partition coefficient (Wildman–Crippen LogP) is 8.67. The molecule has 0 aliphatic carbocycles. The number of carboxylic acids is 1. The van der Waals surface area contributed by atoms with Gasteiger partial charge in [-0.05, 0) is 84.0 Å². The van der Waals surface area contributed by atoms with Gasteiger partial charge in [-0.25, -0.2) is 0 Å². The summed E-state index contributed by atoms with van der Waals surface area (Å²) in [4.78, 5) is 11.2. The molecule has 0 amide bonds. The van der Waals surface area contributed by atoms with Gasteiger partial charge in [0.1, 0.15) is 12.4 Å². The van der Waals surface area contributed by atoms with Crippen LogP contribution < -0.4 is 4.74 Å². The largest absolute Gasteiger partial charge is 0.489 e. The van der Waals surface area contributed by atoms with E-state index in [1.54, 1.807) is 18.3 Å². The van der Waals surface area contributed by atoms with Gasteiger partial charge in [0.25, 0.3) is 0 Å². The van der Waals surface area contributed by atoms with Gasteiger partial charge in [0.05, 0.1) is 12.3 Å². The zero-order chi connectivity index (χ0) is 28.3. The fraction of sp³-hybridized carbons (Fsp3) is 0.303. The second-order valence-electron chi connectivity index (χ2n) is 10.4. The molecule has 5 nitrogen and oxygen atoms in total. The molecule has 4 aromatic rings. The molecule has 3 aromatic carbocycles. The lowest BCUT2D eigenvalue weighted by Crippen LogP contribution is -2.19. The lowest BCUT2D eigenvalue weighted by Gasteiger charge is -2.39. The van der Waals surface area contributed by atoms with Crippen molar-refractivity contribution < 1.29 is 23.7 Å². The van der Waals surface area contributed by atoms with E-state index in [4.69, 9.17) is 4.74 Å². The lowest BCUT2D eigenvalue weighted by atomic mass is 9.89. The molecule has 1 aromatic heterocycles. The average molecular weight is 575 g/mol. The van der Waals surface area contributed by atoms with Crippen LogP contribution in [0.15, 0.2) is 66.0 Å². The molecule has 2 heterocycles. The van der Waals surface area contributed by atoms with E-state index in [-0.39, 0.29) is 12.3 Å². The molecule has 208 valence electrons. The number of carboxylic acid groups (broad SMARTS) is 1. The molecule has 7 heteroatoms. The third kappa shape index (κ3) is 6.54. The van der Waals surface area contributed by atoms with E-state index in [2.05, 4.69) is 54.5 Å². The minimum Gasteiger partial charge on any atom is -0.489 e. The Kier molecular flexibility index (Phi) is 8.53. The maximum Gasteiger partial charge on any atom is 0.304 e. The molecule has 0 radical (unpaired) electrons. The molecule has 0 unspecified atom stereocenters. The van der Waals surface area contributed by atoms with E-state index in [0.717, 1.165) is 35.1 Å². The van der Waals surface area contributed by atoms with Crippen LogP contribution in [-0.2, 0) is 11.4 Å². The van der Waals surface area contributed by atoms with Gasteiger partial charge in [-0.2, -0.15) is 10.6 Å². The Morgan fingerprint density at radius 3 is 2.48 bits per heavy atom. The van der Waals surface area contributed by atoms with Gasteiger partial charge in [0.15, 0.2) is 0 Å². The number of aryl methyl sites for hydroxylation is 1. The van der Waals surface area contributed by atoms with Gasteiger partial charge in [-0.15, -0.1) is 17.3 Å². The summed E-state index contributed by atoms with van der Waals surface area (Å²) in [6, 6.07) is 20.7. The molecule has 1 aliphatic rings. The number of aliphatic carboxylic acids is 1. The molecule has 0 spiro atoms. The summed E-state index contributed by atoms with van der Waals surface area (Å²) in [5.41, 5.74) is 6.79. The molecule has 1 atom stereocenters. The number of hydrogen-bond donors (Lipinski definition) is 3. The zero-order valence-corrected chi connectivity index (χ0v) is 24.4. The van der Waals surface area contributed by atoms with Crippen molar-refractivity contribution >= 4 is 38.0 Å². The zero-order valence-electron chi connectivity index (χ0n) is 22.7. The minimum absolute atomic E-state index is 0.0165. The lowest BCUT2D eigenvalue weighted by molar-refractivity contribution is -0.137. The van der Waals surface area contributed by atoms with Crippen LogP contribution in [0.5, 0.6) is 5.75 Å². The van der Waals surface area contributed by atoms with Crippen LogP contribution in [0.25, 0.3) is 21.2 Å². The number of benzene rings is 3. The number of thiophene rings is 1. The minimum atomic E-state index is -2.38. The summed E-state index contributed by atoms with van der Waals surface area (Å²) < 4.78 is 27.3. The standard InChI is InChI=1S/C33H34O5S2/c1-3-4-26(18-33(34)35)24-7-5-23(6-8-24)20-38-28-10-12-32-30(19-28)31(21-39-32)29-11-9-27(17-22(29)2)25-13-15-40(36,37)16-14-25/h5-12,17,19,21,25-26,36-37H,13-16,18,20H2,1-2H3,(H,34,35)/t26-/m0/s1. The van der Waals surface area contributed by atoms with Crippen LogP contribution in [0.1, 0.15) is 60.3 Å². The number of hydrogen-bond acceptors (Lipinski definition) is 5. The van der Waals surface area contributed by atoms with Crippen LogP contribution in [0.4, 0.5) is 0 Å². The first-order valence-corrected chi connectivity index (χ1v) is 16.2. The maximum absolute atomic E-state index is 11.2. The molecule has 40 heavy (non-hydrogen) atoms. The van der Waals surface area contributed by atoms with Gasteiger partial charge in [-0.3, -0.25) is 13.9 Å². The van der Waals surface area contributed by atoms with Crippen LogP contribution in [0, 0.1) is 18.8 Å². The van der Waals surface area contributed by atoms with E-state index < -0.39 is 16.6 Å². The number of carbonyl (C=O) groups is 1. The fourth-order valence-corrected chi connectivity index (χ4v) is 7.87. The summed E-state index contributed by atoms with van der Waals surface area (Å²) >= 11 is 1.72. The molecule has 1 aliphatic heterocycles. The molecular formula is C33H34O5S2. The van der Waals surface area contributed by atoms with Gasteiger partial charge in [0.2, 0.25) is 0 Å². The molecule has 5 rings (SSSR count). The molecular weight excluding hydrogens is 540 g/mol. The summed E-state index contributed by atoms with van der Waals surface area (Å²) in [5.74, 6) is 6.82. The van der Waals surface area contributed by atoms with E-state index in [0.29, 0.717) is 24.0 Å². The number of fused-ring (bicyclic) bond motifs is 1. The maximum atomic E-state index is 11.2. The van der Waals surface area contributed by atoms with Crippen molar-refractivity contribution in [1.29, 1.82) is 0 Å². The first-order chi connectivity index (χ1) is 19.2. The van der Waals surface area contributed by atoms with Crippen LogP contribution in [-0.4, -0.2) is 31.7 Å². The highest BCUT2D eigenvalue weighted by atomic mass is 32.3. The van der Waals surface area contributed by atoms with Crippen molar-refractivity contribution in [3.8, 4) is 28.7 Å². The Labute approximate surface area is 241 Å². The summed E-state index contributed by atoms with van der Waals surface area (Å²) in [7, 11) is -2.38. The summed E-state index contributed by atoms with van der Waals surface area (Å²) in [5, 5.41) is 12.6. The topological polar surface area (TPSA) is 87.0 Å². The van der Waals surface area contributed by atoms with Crippen LogP contribution >= 0.6 is 21.9 Å². The predicted molar refractivity (Wildman–Crippen MR) is 166 cm³/mol. The first-order valence-electron chi connectivity index (χ1n) is 13.4. The summed E-state index contributed by atoms with van der Waals surface area (Å²) in [6.07, 6.45) is 1.63. The number of rotatable bonds is 8. The second-order valence-corrected chi connectivity index (χ2v) is 13.8. The fourth-order valence-electron chi connectivity index (χ4n) is 5.41. The Hall–Kier alpha value is -3.28. The summed E-state index contributed by atoms with van der Waals surface area (Å²) in [6.45, 7) is 4.28. The monoisotopic (exact) mass is 574 g/mol. The van der Waals surface area contributed by atoms with Crippen molar-refractivity contribution in [2.45, 2.75) is 51.6 Å². The highest BCUT2D eigenvalue weighted by Crippen LogP contribution is 2.48. The van der Waals surface area contributed by atoms with Gasteiger partial charge < -0.3 is 9.84 Å². The van der Waals surface area contributed by atoms with Crippen molar-refractivity contribution in [2.75, 3.05) is 11.5 Å². The average Bonchev–Trinajstić information content (AvgIpc) is 3.35. The Bertz CT molecular complexity index is 1570. The van der Waals surface area contributed by atoms with E-state index in [9.17, 15) is 19.0 Å². The third-order valence-corrected chi connectivity index (χ3v) is 10.4. The van der Waals surface area contributed by atoms with E-state index in [1.807, 2.05) is 30.3 Å². The third-order valence-electron chi connectivity index (χ3n) is 7.63. The molecule has 3 N–H and O–H groups in total. The molecule has 0 saturated carbocycles. The van der Waals surface area contributed by atoms with E-state index >= 15 is 0 Å². The van der Waals surface area contributed by atoms with Crippen molar-refractivity contribution in [1.82, 2.24) is 0 Å². The molecule has 0 bridgehead atoms. The second kappa shape index (κ2) is 12.1. The SMILES string of the molecule is CC#C[C@@H](CC(=O)O)c1ccc(COc2ccc3scc(-c4ccc(C5CCS(O)(O)CC5)cc4C)c3c2)cc1. The van der Waals surface area contributed by atoms with Gasteiger partial charge >= 0.3 is 5.97 Å². The quantitative estimate of drug-likeness (QED) is 0.183.